The van der Waals surface area contributed by atoms with Gasteiger partial charge in [0.25, 0.3) is 0 Å². The summed E-state index contributed by atoms with van der Waals surface area (Å²) in [5.74, 6) is 0.354. The lowest BCUT2D eigenvalue weighted by Crippen LogP contribution is -2.31. The highest BCUT2D eigenvalue weighted by molar-refractivity contribution is 9.09. The topological polar surface area (TPSA) is 29.1 Å². The Hall–Kier alpha value is 0.110. The third-order valence-corrected chi connectivity index (χ3v) is 2.26. The van der Waals surface area contributed by atoms with Crippen LogP contribution in [0.3, 0.4) is 0 Å². The minimum atomic E-state index is 0.148. The summed E-state index contributed by atoms with van der Waals surface area (Å²) in [6, 6.07) is 0.148. The summed E-state index contributed by atoms with van der Waals surface area (Å²) in [5.41, 5.74) is 0. The molecule has 0 saturated carbocycles. The largest absolute Gasteiger partial charge is 0.307 e. The Morgan fingerprint density at radius 2 is 2.55 bits per heavy atom. The van der Waals surface area contributed by atoms with Gasteiger partial charge >= 0.3 is 0 Å². The highest BCUT2D eigenvalue weighted by Gasteiger charge is 2.22. The Balaban J connectivity index is 2.28. The summed E-state index contributed by atoms with van der Waals surface area (Å²) in [5, 5.41) is 3.19. The first-order valence-electron chi connectivity index (χ1n) is 4.10. The van der Waals surface area contributed by atoms with Crippen LogP contribution in [0.4, 0.5) is 0 Å². The van der Waals surface area contributed by atoms with E-state index in [1.54, 1.807) is 0 Å². The van der Waals surface area contributed by atoms with Crippen LogP contribution in [0.1, 0.15) is 26.2 Å². The zero-order chi connectivity index (χ0) is 8.27. The molecule has 0 aliphatic carbocycles. The van der Waals surface area contributed by atoms with E-state index in [1.807, 2.05) is 6.92 Å². The molecule has 11 heavy (non-hydrogen) atoms. The zero-order valence-electron chi connectivity index (χ0n) is 6.77. The van der Waals surface area contributed by atoms with E-state index < -0.39 is 0 Å². The van der Waals surface area contributed by atoms with Gasteiger partial charge in [-0.2, -0.15) is 0 Å². The first-order valence-corrected chi connectivity index (χ1v) is 5.02. The molecule has 0 aromatic rings. The number of ketones is 1. The number of hydrogen-bond donors (Lipinski definition) is 1. The Morgan fingerprint density at radius 1 is 1.82 bits per heavy atom. The Kier molecular flexibility index (Phi) is 3.52. The Morgan fingerprint density at radius 3 is 3.00 bits per heavy atom. The van der Waals surface area contributed by atoms with Crippen LogP contribution in [0.5, 0.6) is 0 Å². The number of halogens is 1. The smallest absolute Gasteiger partial charge is 0.150 e. The molecule has 0 aromatic carbocycles. The van der Waals surface area contributed by atoms with Crippen LogP contribution >= 0.6 is 15.9 Å². The Bertz CT molecular complexity index is 141. The summed E-state index contributed by atoms with van der Waals surface area (Å²) in [4.78, 5) is 11.7. The molecule has 1 N–H and O–H groups in total. The Labute approximate surface area is 75.9 Å². The highest BCUT2D eigenvalue weighted by atomic mass is 79.9. The molecule has 1 rings (SSSR count). The lowest BCUT2D eigenvalue weighted by molar-refractivity contribution is -0.120. The molecule has 1 saturated heterocycles. The van der Waals surface area contributed by atoms with Crippen molar-refractivity contribution in [1.29, 1.82) is 0 Å². The first kappa shape index (κ1) is 9.20. The van der Waals surface area contributed by atoms with E-state index in [2.05, 4.69) is 21.2 Å². The van der Waals surface area contributed by atoms with E-state index in [9.17, 15) is 4.79 Å². The average molecular weight is 220 g/mol. The van der Waals surface area contributed by atoms with Gasteiger partial charge in [-0.1, -0.05) is 22.9 Å². The van der Waals surface area contributed by atoms with Crippen LogP contribution < -0.4 is 5.32 Å². The lowest BCUT2D eigenvalue weighted by atomic mass is 10.1. The van der Waals surface area contributed by atoms with Crippen LogP contribution in [0, 0.1) is 0 Å². The number of nitrogens with one attached hydrogen (secondary N) is 1. The standard InChI is InChI=1S/C8H14BrNO/c1-6(9)5-8(11)7-3-2-4-10-7/h6-7,10H,2-5H2,1H3. The van der Waals surface area contributed by atoms with Crippen molar-refractivity contribution in [3.8, 4) is 0 Å². The first-order chi connectivity index (χ1) is 5.20. The van der Waals surface area contributed by atoms with Crippen LogP contribution in [0.15, 0.2) is 0 Å². The van der Waals surface area contributed by atoms with Crippen molar-refractivity contribution in [2.75, 3.05) is 6.54 Å². The highest BCUT2D eigenvalue weighted by Crippen LogP contribution is 2.11. The fourth-order valence-electron chi connectivity index (χ4n) is 1.38. The lowest BCUT2D eigenvalue weighted by Gasteiger charge is -2.09. The summed E-state index contributed by atoms with van der Waals surface area (Å²) in [6.45, 7) is 3.01. The second kappa shape index (κ2) is 4.21. The number of alkyl halides is 1. The molecule has 0 aromatic heterocycles. The van der Waals surface area contributed by atoms with Gasteiger partial charge in [-0.15, -0.1) is 0 Å². The normalized spacial score (nSPS) is 26.9. The predicted octanol–water partition coefficient (Wildman–Crippen LogP) is 1.48. The monoisotopic (exact) mass is 219 g/mol. The molecule has 2 nitrogen and oxygen atoms in total. The fourth-order valence-corrected chi connectivity index (χ4v) is 1.70. The van der Waals surface area contributed by atoms with Gasteiger partial charge in [0.1, 0.15) is 0 Å². The maximum absolute atomic E-state index is 11.4. The minimum Gasteiger partial charge on any atom is -0.307 e. The molecule has 2 unspecified atom stereocenters. The number of carbonyl (C=O) groups is 1. The maximum Gasteiger partial charge on any atom is 0.150 e. The second-order valence-electron chi connectivity index (χ2n) is 3.10. The number of Topliss-reactive ketones (excluding diaryl/α,β-unsaturated/α-hetero) is 1. The van der Waals surface area contributed by atoms with Gasteiger partial charge in [-0.25, -0.2) is 0 Å². The molecule has 0 spiro atoms. The van der Waals surface area contributed by atoms with Crippen LogP contribution in [-0.4, -0.2) is 23.2 Å². The van der Waals surface area contributed by atoms with E-state index in [1.165, 1.54) is 0 Å². The van der Waals surface area contributed by atoms with Crippen LogP contribution in [-0.2, 0) is 4.79 Å². The summed E-state index contributed by atoms with van der Waals surface area (Å²) >= 11 is 3.37. The fraction of sp³-hybridized carbons (Fsp3) is 0.875. The molecular weight excluding hydrogens is 206 g/mol. The molecule has 64 valence electrons. The van der Waals surface area contributed by atoms with E-state index >= 15 is 0 Å². The van der Waals surface area contributed by atoms with Gasteiger partial charge in [0.2, 0.25) is 0 Å². The minimum absolute atomic E-state index is 0.148. The molecule has 0 amide bonds. The van der Waals surface area contributed by atoms with Gasteiger partial charge in [-0.05, 0) is 19.4 Å². The van der Waals surface area contributed by atoms with Crippen LogP contribution in [0.25, 0.3) is 0 Å². The van der Waals surface area contributed by atoms with E-state index in [0.717, 1.165) is 19.4 Å². The van der Waals surface area contributed by atoms with Gasteiger partial charge < -0.3 is 5.32 Å². The van der Waals surface area contributed by atoms with Crippen LogP contribution in [0.2, 0.25) is 0 Å². The molecule has 1 aliphatic rings. The van der Waals surface area contributed by atoms with Gasteiger partial charge in [0.15, 0.2) is 5.78 Å². The summed E-state index contributed by atoms with van der Waals surface area (Å²) < 4.78 is 0. The van der Waals surface area contributed by atoms with E-state index in [-0.39, 0.29) is 6.04 Å². The predicted molar refractivity (Wildman–Crippen MR) is 49.0 cm³/mol. The SMILES string of the molecule is CC(Br)CC(=O)C1CCCN1. The van der Waals surface area contributed by atoms with Gasteiger partial charge in [-0.3, -0.25) is 4.79 Å². The van der Waals surface area contributed by atoms with Crippen molar-refractivity contribution in [1.82, 2.24) is 5.32 Å². The quantitative estimate of drug-likeness (QED) is 0.730. The molecule has 0 bridgehead atoms. The maximum atomic E-state index is 11.4. The molecule has 0 radical (unpaired) electrons. The summed E-state index contributed by atoms with van der Waals surface area (Å²) in [6.07, 6.45) is 2.82. The van der Waals surface area contributed by atoms with Crippen molar-refractivity contribution in [2.45, 2.75) is 37.1 Å². The van der Waals surface area contributed by atoms with Crippen molar-refractivity contribution >= 4 is 21.7 Å². The van der Waals surface area contributed by atoms with Crippen molar-refractivity contribution in [3.63, 3.8) is 0 Å². The molecular formula is C8H14BrNO. The number of hydrogen-bond acceptors (Lipinski definition) is 2. The van der Waals surface area contributed by atoms with Gasteiger partial charge in [0.05, 0.1) is 6.04 Å². The van der Waals surface area contributed by atoms with Gasteiger partial charge in [0, 0.05) is 11.2 Å². The average Bonchev–Trinajstić information content (AvgIpc) is 2.35. The number of rotatable bonds is 3. The van der Waals surface area contributed by atoms with Crippen molar-refractivity contribution < 1.29 is 4.79 Å². The van der Waals surface area contributed by atoms with E-state index in [4.69, 9.17) is 0 Å². The molecule has 3 heteroatoms. The summed E-state index contributed by atoms with van der Waals surface area (Å²) in [7, 11) is 0. The molecule has 1 heterocycles. The molecule has 1 aliphatic heterocycles. The number of carbonyl (C=O) groups excluding carboxylic acids is 1. The zero-order valence-corrected chi connectivity index (χ0v) is 8.36. The molecule has 2 atom stereocenters. The van der Waals surface area contributed by atoms with Crippen molar-refractivity contribution in [3.05, 3.63) is 0 Å². The second-order valence-corrected chi connectivity index (χ2v) is 4.66. The third-order valence-electron chi connectivity index (χ3n) is 1.93. The van der Waals surface area contributed by atoms with Crippen molar-refractivity contribution in [2.24, 2.45) is 0 Å². The third kappa shape index (κ3) is 2.91. The van der Waals surface area contributed by atoms with E-state index in [0.29, 0.717) is 17.0 Å². The molecule has 1 fully saturated rings.